The molecule has 0 spiro atoms. The Morgan fingerprint density at radius 3 is 2.33 bits per heavy atom. The zero-order valence-corrected chi connectivity index (χ0v) is 16.0. The molecule has 0 atom stereocenters. The summed E-state index contributed by atoms with van der Waals surface area (Å²) in [4.78, 5) is 2.46. The fraction of sp³-hybridized carbons (Fsp3) is 0.111. The number of aryl methyl sites for hydroxylation is 2. The quantitative estimate of drug-likeness (QED) is 0.238. The van der Waals surface area contributed by atoms with E-state index in [0.29, 0.717) is 11.4 Å². The summed E-state index contributed by atoms with van der Waals surface area (Å²) in [6.45, 7) is 3.98. The lowest BCUT2D eigenvalue weighted by molar-refractivity contribution is 1.17. The highest BCUT2D eigenvalue weighted by Crippen LogP contribution is 2.38. The number of nitrogens with zero attached hydrogens (tertiary/aromatic N) is 2. The maximum absolute atomic E-state index is 6.16. The van der Waals surface area contributed by atoms with E-state index in [1.54, 1.807) is 0 Å². The van der Waals surface area contributed by atoms with Crippen LogP contribution in [-0.2, 0) is 0 Å². The van der Waals surface area contributed by atoms with Crippen LogP contribution in [0.4, 0.5) is 17.1 Å². The Morgan fingerprint density at radius 2 is 1.62 bits per heavy atom. The molecule has 122 valence electrons. The van der Waals surface area contributed by atoms with Crippen LogP contribution in [0.5, 0.6) is 0 Å². The van der Waals surface area contributed by atoms with Crippen LogP contribution in [0.2, 0.25) is 0 Å². The van der Waals surface area contributed by atoms with E-state index < -0.39 is 0 Å². The summed E-state index contributed by atoms with van der Waals surface area (Å²) >= 11 is 13.4. The van der Waals surface area contributed by atoms with Gasteiger partial charge in [-0.1, -0.05) is 6.07 Å². The van der Waals surface area contributed by atoms with Gasteiger partial charge >= 0.3 is 0 Å². The highest BCUT2D eigenvalue weighted by atomic mass is 32.1. The fourth-order valence-corrected chi connectivity index (χ4v) is 3.47. The minimum atomic E-state index is 0.674. The van der Waals surface area contributed by atoms with Crippen molar-refractivity contribution in [3.63, 3.8) is 0 Å². The van der Waals surface area contributed by atoms with Crippen molar-refractivity contribution in [3.05, 3.63) is 47.5 Å². The number of thiol groups is 3. The van der Waals surface area contributed by atoms with Crippen LogP contribution in [0, 0.1) is 13.8 Å². The number of nitrogens with two attached hydrogens (primary N) is 1. The lowest BCUT2D eigenvalue weighted by atomic mass is 10.0. The van der Waals surface area contributed by atoms with E-state index in [9.17, 15) is 0 Å². The molecule has 0 aliphatic heterocycles. The molecular formula is C18H17N3S3. The van der Waals surface area contributed by atoms with Gasteiger partial charge in [-0.15, -0.1) is 43.0 Å². The number of hydrogen-bond acceptors (Lipinski definition) is 6. The molecule has 0 amide bonds. The molecule has 3 rings (SSSR count). The molecule has 0 aromatic heterocycles. The maximum Gasteiger partial charge on any atom is 0.103 e. The van der Waals surface area contributed by atoms with Crippen molar-refractivity contribution in [2.45, 2.75) is 28.5 Å². The standard InChI is InChI=1S/C18H17N3S3/c1-9-3-4-12(7-15(9)23)20-21-18-10(2)17-11(6-16(18)24)5-13(22)8-14(17)19/h3-8,22-24H,19H2,1-2H3. The molecule has 0 unspecified atom stereocenters. The first-order valence-corrected chi connectivity index (χ1v) is 8.67. The predicted molar refractivity (Wildman–Crippen MR) is 110 cm³/mol. The number of anilines is 1. The van der Waals surface area contributed by atoms with E-state index in [-0.39, 0.29) is 0 Å². The second-order valence-corrected chi connectivity index (χ2v) is 7.15. The third-order valence-corrected chi connectivity index (χ3v) is 4.99. The Labute approximate surface area is 157 Å². The van der Waals surface area contributed by atoms with Gasteiger partial charge < -0.3 is 5.73 Å². The fourth-order valence-electron chi connectivity index (χ4n) is 2.64. The molecule has 0 aliphatic carbocycles. The van der Waals surface area contributed by atoms with Gasteiger partial charge in [-0.3, -0.25) is 0 Å². The molecule has 0 fully saturated rings. The van der Waals surface area contributed by atoms with Crippen LogP contribution in [0.15, 0.2) is 61.3 Å². The Balaban J connectivity index is 2.12. The van der Waals surface area contributed by atoms with Crippen LogP contribution in [0.1, 0.15) is 11.1 Å². The summed E-state index contributed by atoms with van der Waals surface area (Å²) in [5.41, 5.74) is 10.3. The molecule has 0 saturated carbocycles. The normalized spacial score (nSPS) is 11.5. The maximum atomic E-state index is 6.16. The number of azo groups is 1. The largest absolute Gasteiger partial charge is 0.398 e. The number of hydrogen-bond donors (Lipinski definition) is 4. The molecule has 3 nitrogen and oxygen atoms in total. The smallest absolute Gasteiger partial charge is 0.103 e. The number of benzene rings is 3. The molecule has 3 aromatic rings. The van der Waals surface area contributed by atoms with E-state index in [4.69, 9.17) is 5.73 Å². The highest BCUT2D eigenvalue weighted by molar-refractivity contribution is 7.80. The summed E-state index contributed by atoms with van der Waals surface area (Å²) in [5, 5.41) is 10.7. The monoisotopic (exact) mass is 371 g/mol. The van der Waals surface area contributed by atoms with Crippen molar-refractivity contribution < 1.29 is 0 Å². The molecule has 0 aliphatic rings. The van der Waals surface area contributed by atoms with Crippen LogP contribution in [0.25, 0.3) is 10.8 Å². The second kappa shape index (κ2) is 6.70. The molecule has 0 bridgehead atoms. The van der Waals surface area contributed by atoms with Crippen molar-refractivity contribution in [3.8, 4) is 0 Å². The first kappa shape index (κ1) is 17.2. The average Bonchev–Trinajstić information content (AvgIpc) is 2.49. The summed E-state index contributed by atoms with van der Waals surface area (Å²) in [6, 6.07) is 11.5. The van der Waals surface area contributed by atoms with Gasteiger partial charge in [0.2, 0.25) is 0 Å². The third-order valence-electron chi connectivity index (χ3n) is 3.91. The van der Waals surface area contributed by atoms with Crippen molar-refractivity contribution in [1.82, 2.24) is 0 Å². The van der Waals surface area contributed by atoms with Gasteiger partial charge in [0.25, 0.3) is 0 Å². The van der Waals surface area contributed by atoms with Gasteiger partial charge in [-0.05, 0) is 60.7 Å². The SMILES string of the molecule is Cc1ccc(N=Nc2c(S)cc3cc(S)cc(N)c3c2C)cc1S. The molecule has 24 heavy (non-hydrogen) atoms. The average molecular weight is 372 g/mol. The van der Waals surface area contributed by atoms with E-state index in [1.165, 1.54) is 0 Å². The highest BCUT2D eigenvalue weighted by Gasteiger charge is 2.11. The second-order valence-electron chi connectivity index (χ2n) is 5.67. The first-order valence-electron chi connectivity index (χ1n) is 7.33. The molecule has 6 heteroatoms. The third kappa shape index (κ3) is 3.27. The van der Waals surface area contributed by atoms with Crippen LogP contribution >= 0.6 is 37.9 Å². The first-order chi connectivity index (χ1) is 11.4. The van der Waals surface area contributed by atoms with Gasteiger partial charge in [0, 0.05) is 25.8 Å². The minimum Gasteiger partial charge on any atom is -0.398 e. The lowest BCUT2D eigenvalue weighted by Gasteiger charge is -2.11. The van der Waals surface area contributed by atoms with Crippen molar-refractivity contribution in [2.24, 2.45) is 10.2 Å². The molecule has 3 aromatic carbocycles. The number of nitrogen functional groups attached to an aromatic ring is 1. The predicted octanol–water partition coefficient (Wildman–Crippen LogP) is 6.32. The van der Waals surface area contributed by atoms with E-state index in [2.05, 4.69) is 48.1 Å². The summed E-state index contributed by atoms with van der Waals surface area (Å²) in [7, 11) is 0. The zero-order valence-electron chi connectivity index (χ0n) is 13.3. The Kier molecular flexibility index (Phi) is 4.80. The topological polar surface area (TPSA) is 50.7 Å². The Hall–Kier alpha value is -1.63. The van der Waals surface area contributed by atoms with E-state index >= 15 is 0 Å². The molecular weight excluding hydrogens is 354 g/mol. The summed E-state index contributed by atoms with van der Waals surface area (Å²) in [5.74, 6) is 0. The molecule has 0 heterocycles. The van der Waals surface area contributed by atoms with Crippen LogP contribution in [-0.4, -0.2) is 0 Å². The van der Waals surface area contributed by atoms with Gasteiger partial charge in [-0.25, -0.2) is 0 Å². The van der Waals surface area contributed by atoms with Gasteiger partial charge in [0.05, 0.1) is 5.69 Å². The number of rotatable bonds is 2. The summed E-state index contributed by atoms with van der Waals surface area (Å²) < 4.78 is 0. The Morgan fingerprint density at radius 1 is 0.875 bits per heavy atom. The van der Waals surface area contributed by atoms with Gasteiger partial charge in [0.1, 0.15) is 5.69 Å². The molecule has 0 radical (unpaired) electrons. The van der Waals surface area contributed by atoms with Crippen molar-refractivity contribution in [1.29, 1.82) is 0 Å². The lowest BCUT2D eigenvalue weighted by Crippen LogP contribution is -1.91. The van der Waals surface area contributed by atoms with E-state index in [1.807, 2.05) is 50.2 Å². The van der Waals surface area contributed by atoms with Crippen LogP contribution in [0.3, 0.4) is 0 Å². The number of fused-ring (bicyclic) bond motifs is 1. The zero-order chi connectivity index (χ0) is 17.4. The van der Waals surface area contributed by atoms with Crippen molar-refractivity contribution >= 4 is 65.7 Å². The van der Waals surface area contributed by atoms with Crippen molar-refractivity contribution in [2.75, 3.05) is 5.73 Å². The minimum absolute atomic E-state index is 0.674. The van der Waals surface area contributed by atoms with Gasteiger partial charge in [-0.2, -0.15) is 5.11 Å². The molecule has 0 saturated heterocycles. The van der Waals surface area contributed by atoms with Gasteiger partial charge in [0.15, 0.2) is 0 Å². The van der Waals surface area contributed by atoms with E-state index in [0.717, 1.165) is 42.3 Å². The Bertz CT molecular complexity index is 981. The van der Waals surface area contributed by atoms with Crippen LogP contribution < -0.4 is 5.73 Å². The summed E-state index contributed by atoms with van der Waals surface area (Å²) in [6.07, 6.45) is 0. The molecule has 2 N–H and O–H groups in total.